The van der Waals surface area contributed by atoms with Gasteiger partial charge in [0, 0.05) is 31.4 Å². The molecule has 0 amide bonds. The monoisotopic (exact) mass is 493 g/mol. The molecule has 6 rings (SSSR count). The molecule has 0 saturated carbocycles. The van der Waals surface area contributed by atoms with E-state index in [2.05, 4.69) is 42.3 Å². The quantitative estimate of drug-likeness (QED) is 0.454. The van der Waals surface area contributed by atoms with Gasteiger partial charge < -0.3 is 15.1 Å². The second-order valence-electron chi connectivity index (χ2n) is 9.70. The summed E-state index contributed by atoms with van der Waals surface area (Å²) in [5.41, 5.74) is 0.887. The van der Waals surface area contributed by atoms with E-state index in [9.17, 15) is 8.78 Å². The van der Waals surface area contributed by atoms with Gasteiger partial charge in [0.05, 0.1) is 29.7 Å². The molecule has 2 aliphatic rings. The molecule has 2 fully saturated rings. The molecule has 11 heteroatoms. The van der Waals surface area contributed by atoms with Crippen LogP contribution in [0.25, 0.3) is 17.0 Å². The average molecular weight is 494 g/mol. The zero-order valence-electron chi connectivity index (χ0n) is 20.2. The lowest BCUT2D eigenvalue weighted by Crippen LogP contribution is -2.47. The van der Waals surface area contributed by atoms with Crippen LogP contribution in [0.15, 0.2) is 42.9 Å². The Labute approximate surface area is 207 Å². The summed E-state index contributed by atoms with van der Waals surface area (Å²) in [6.45, 7) is 4.52. The van der Waals surface area contributed by atoms with E-state index in [0.717, 1.165) is 31.6 Å². The zero-order chi connectivity index (χ0) is 24.6. The van der Waals surface area contributed by atoms with E-state index in [1.807, 2.05) is 10.9 Å². The maximum absolute atomic E-state index is 14.4. The van der Waals surface area contributed by atoms with Crippen molar-refractivity contribution >= 4 is 17.3 Å². The molecule has 0 bridgehead atoms. The largest absolute Gasteiger partial charge is 0.321 e. The first-order valence-electron chi connectivity index (χ1n) is 12.4. The maximum Gasteiger partial charge on any atom is 0.232 e. The minimum absolute atomic E-state index is 0.0465. The predicted molar refractivity (Wildman–Crippen MR) is 132 cm³/mol. The van der Waals surface area contributed by atoms with Crippen molar-refractivity contribution in [3.05, 3.63) is 54.5 Å². The van der Waals surface area contributed by atoms with Crippen LogP contribution in [0.1, 0.15) is 31.7 Å². The molecule has 0 atom stereocenters. The van der Waals surface area contributed by atoms with E-state index in [4.69, 9.17) is 0 Å². The molecule has 2 aliphatic heterocycles. The molecule has 5 heterocycles. The van der Waals surface area contributed by atoms with E-state index < -0.39 is 11.6 Å². The van der Waals surface area contributed by atoms with Crippen molar-refractivity contribution in [3.63, 3.8) is 0 Å². The Morgan fingerprint density at radius 3 is 2.36 bits per heavy atom. The zero-order valence-corrected chi connectivity index (χ0v) is 20.2. The third kappa shape index (κ3) is 4.44. The van der Waals surface area contributed by atoms with E-state index in [1.165, 1.54) is 48.6 Å². The van der Waals surface area contributed by atoms with Crippen molar-refractivity contribution in [1.29, 1.82) is 0 Å². The fraction of sp³-hybridized carbons (Fsp3) is 0.440. The molecule has 188 valence electrons. The second-order valence-corrected chi connectivity index (χ2v) is 9.70. The van der Waals surface area contributed by atoms with Crippen LogP contribution in [0.2, 0.25) is 0 Å². The molecule has 0 aliphatic carbocycles. The number of fused-ring (bicyclic) bond motifs is 1. The Morgan fingerprint density at radius 2 is 1.61 bits per heavy atom. The number of anilines is 2. The van der Waals surface area contributed by atoms with Crippen molar-refractivity contribution in [2.75, 3.05) is 38.5 Å². The number of likely N-dealkylation sites (tertiary alicyclic amines) is 2. The first kappa shape index (κ1) is 23.0. The lowest BCUT2D eigenvalue weighted by molar-refractivity contribution is 0.0851. The van der Waals surface area contributed by atoms with E-state index >= 15 is 0 Å². The van der Waals surface area contributed by atoms with Gasteiger partial charge in [0.25, 0.3) is 0 Å². The van der Waals surface area contributed by atoms with Gasteiger partial charge in [-0.25, -0.2) is 13.8 Å². The SMILES string of the molecule is CN1CCC(N2CCC(n3cc(Nc4nc(-c5c(F)cccc5F)nc5ccnn45)cn3)CC2)CC1. The third-order valence-electron chi connectivity index (χ3n) is 7.38. The second kappa shape index (κ2) is 9.55. The normalized spacial score (nSPS) is 18.8. The molecule has 3 aromatic heterocycles. The molecular weight excluding hydrogens is 464 g/mol. The summed E-state index contributed by atoms with van der Waals surface area (Å²) >= 11 is 0. The third-order valence-corrected chi connectivity index (χ3v) is 7.38. The average Bonchev–Trinajstić information content (AvgIpc) is 3.55. The van der Waals surface area contributed by atoms with Gasteiger partial charge in [-0.2, -0.15) is 19.7 Å². The molecule has 1 aromatic carbocycles. The van der Waals surface area contributed by atoms with Crippen LogP contribution in [0.3, 0.4) is 0 Å². The lowest BCUT2D eigenvalue weighted by atomic mass is 9.98. The van der Waals surface area contributed by atoms with Gasteiger partial charge >= 0.3 is 0 Å². The van der Waals surface area contributed by atoms with Crippen LogP contribution < -0.4 is 5.32 Å². The Morgan fingerprint density at radius 1 is 0.889 bits per heavy atom. The minimum Gasteiger partial charge on any atom is -0.321 e. The Balaban J connectivity index is 1.18. The first-order chi connectivity index (χ1) is 17.5. The molecule has 9 nitrogen and oxygen atoms in total. The Hall–Kier alpha value is -3.44. The number of hydrogen-bond donors (Lipinski definition) is 1. The smallest absolute Gasteiger partial charge is 0.232 e. The fourth-order valence-electron chi connectivity index (χ4n) is 5.34. The van der Waals surface area contributed by atoms with Gasteiger partial charge in [-0.1, -0.05) is 6.07 Å². The van der Waals surface area contributed by atoms with Gasteiger partial charge in [-0.05, 0) is 58.0 Å². The minimum atomic E-state index is -0.718. The molecule has 0 unspecified atom stereocenters. The lowest BCUT2D eigenvalue weighted by Gasteiger charge is -2.41. The van der Waals surface area contributed by atoms with Gasteiger partial charge in [-0.3, -0.25) is 4.68 Å². The summed E-state index contributed by atoms with van der Waals surface area (Å²) in [5, 5.41) is 12.1. The van der Waals surface area contributed by atoms with Gasteiger partial charge in [0.2, 0.25) is 5.95 Å². The summed E-state index contributed by atoms with van der Waals surface area (Å²) in [6.07, 6.45) is 9.87. The predicted octanol–water partition coefficient (Wildman–Crippen LogP) is 3.74. The topological polar surface area (TPSA) is 79.4 Å². The van der Waals surface area contributed by atoms with Crippen molar-refractivity contribution in [2.45, 2.75) is 37.8 Å². The van der Waals surface area contributed by atoms with Crippen LogP contribution in [-0.2, 0) is 0 Å². The number of nitrogens with one attached hydrogen (secondary N) is 1. The summed E-state index contributed by atoms with van der Waals surface area (Å²) < 4.78 is 32.3. The summed E-state index contributed by atoms with van der Waals surface area (Å²) in [4.78, 5) is 13.8. The van der Waals surface area contributed by atoms with Crippen LogP contribution in [0.5, 0.6) is 0 Å². The van der Waals surface area contributed by atoms with Crippen molar-refractivity contribution in [3.8, 4) is 11.4 Å². The fourth-order valence-corrected chi connectivity index (χ4v) is 5.34. The molecule has 0 radical (unpaired) electrons. The van der Waals surface area contributed by atoms with Crippen LogP contribution in [0, 0.1) is 11.6 Å². The standard InChI is InChI=1S/C25H29F2N9/c1-33-11-6-18(7-12-33)34-13-8-19(9-14-34)35-16-17(15-29-35)30-25-32-24(31-22-5-10-28-36(22)25)23-20(26)3-2-4-21(23)27/h2-5,10,15-16,18-19H,6-9,11-14H2,1H3,(H,30,31,32). The number of aromatic nitrogens is 6. The van der Waals surface area contributed by atoms with Gasteiger partial charge in [0.15, 0.2) is 11.5 Å². The first-order valence-corrected chi connectivity index (χ1v) is 12.4. The number of nitrogens with zero attached hydrogens (tertiary/aromatic N) is 8. The Kier molecular flexibility index (Phi) is 6.10. The van der Waals surface area contributed by atoms with E-state index in [0.29, 0.717) is 23.7 Å². The number of piperidine rings is 2. The van der Waals surface area contributed by atoms with Crippen molar-refractivity contribution < 1.29 is 8.78 Å². The number of benzene rings is 1. The molecule has 1 N–H and O–H groups in total. The highest BCUT2D eigenvalue weighted by molar-refractivity contribution is 5.63. The maximum atomic E-state index is 14.4. The molecule has 4 aromatic rings. The highest BCUT2D eigenvalue weighted by atomic mass is 19.1. The van der Waals surface area contributed by atoms with Crippen LogP contribution in [-0.4, -0.2) is 78.4 Å². The van der Waals surface area contributed by atoms with Gasteiger partial charge in [-0.15, -0.1) is 0 Å². The van der Waals surface area contributed by atoms with Crippen molar-refractivity contribution in [2.24, 2.45) is 0 Å². The number of halogens is 2. The van der Waals surface area contributed by atoms with Gasteiger partial charge in [0.1, 0.15) is 11.6 Å². The summed E-state index contributed by atoms with van der Waals surface area (Å²) in [6, 6.07) is 6.39. The summed E-state index contributed by atoms with van der Waals surface area (Å²) in [7, 11) is 2.20. The molecule has 36 heavy (non-hydrogen) atoms. The van der Waals surface area contributed by atoms with Crippen LogP contribution >= 0.6 is 0 Å². The van der Waals surface area contributed by atoms with Crippen molar-refractivity contribution in [1.82, 2.24) is 39.2 Å². The number of rotatable bonds is 5. The highest BCUT2D eigenvalue weighted by Gasteiger charge is 2.28. The van der Waals surface area contributed by atoms with Crippen LogP contribution in [0.4, 0.5) is 20.4 Å². The molecular formula is C25H29F2N9. The highest BCUT2D eigenvalue weighted by Crippen LogP contribution is 2.29. The molecule has 2 saturated heterocycles. The van der Waals surface area contributed by atoms with E-state index in [1.54, 1.807) is 18.5 Å². The number of hydrogen-bond acceptors (Lipinski definition) is 7. The summed E-state index contributed by atoms with van der Waals surface area (Å²) in [5.74, 6) is -1.18. The van der Waals surface area contributed by atoms with E-state index in [-0.39, 0.29) is 11.4 Å². The Bertz CT molecular complexity index is 1330. The molecule has 0 spiro atoms.